The van der Waals surface area contributed by atoms with Gasteiger partial charge in [-0.1, -0.05) is 11.2 Å². The molecule has 2 fully saturated rings. The molecular weight excluding hydrogens is 242 g/mol. The smallest absolute Gasteiger partial charge is 0.249 e. The minimum atomic E-state index is -0.0164. The monoisotopic (exact) mass is 261 g/mol. The van der Waals surface area contributed by atoms with Crippen LogP contribution in [0.5, 0.6) is 0 Å². The van der Waals surface area contributed by atoms with E-state index in [0.717, 1.165) is 44.5 Å². The van der Waals surface area contributed by atoms with E-state index < -0.39 is 0 Å². The van der Waals surface area contributed by atoms with E-state index in [9.17, 15) is 4.79 Å². The summed E-state index contributed by atoms with van der Waals surface area (Å²) >= 11 is 0. The molecule has 0 radical (unpaired) electrons. The Morgan fingerprint density at radius 2 is 2.32 bits per heavy atom. The number of carbonyl (C=O) groups excluding carboxylic acids is 1. The summed E-state index contributed by atoms with van der Waals surface area (Å²) in [5.74, 6) is 2.09. The Balaban J connectivity index is 1.70. The SMILES string of the molecule is C=CCCC(=O)N1CCCC1c1nc(C2CC2)no1. The van der Waals surface area contributed by atoms with Crippen molar-refractivity contribution in [3.05, 3.63) is 24.4 Å². The Bertz CT molecular complexity index is 479. The maximum atomic E-state index is 12.1. The molecule has 5 heteroatoms. The number of allylic oxidation sites excluding steroid dienone is 1. The third kappa shape index (κ3) is 2.55. The second-order valence-electron chi connectivity index (χ2n) is 5.34. The van der Waals surface area contributed by atoms with Gasteiger partial charge in [0.05, 0.1) is 0 Å². The van der Waals surface area contributed by atoms with Crippen molar-refractivity contribution in [3.8, 4) is 0 Å². The summed E-state index contributed by atoms with van der Waals surface area (Å²) in [6.07, 6.45) is 7.26. The van der Waals surface area contributed by atoms with Crippen LogP contribution < -0.4 is 0 Å². The molecule has 1 saturated carbocycles. The second kappa shape index (κ2) is 5.15. The Morgan fingerprint density at radius 1 is 1.47 bits per heavy atom. The number of rotatable bonds is 5. The van der Waals surface area contributed by atoms with Crippen molar-refractivity contribution >= 4 is 5.91 Å². The summed E-state index contributed by atoms with van der Waals surface area (Å²) in [5.41, 5.74) is 0. The highest BCUT2D eigenvalue weighted by atomic mass is 16.5. The molecule has 2 heterocycles. The van der Waals surface area contributed by atoms with E-state index in [1.165, 1.54) is 0 Å². The van der Waals surface area contributed by atoms with Crippen LogP contribution in [0.3, 0.4) is 0 Å². The minimum absolute atomic E-state index is 0.0164. The fourth-order valence-corrected chi connectivity index (χ4v) is 2.58. The molecule has 1 atom stereocenters. The van der Waals surface area contributed by atoms with Crippen molar-refractivity contribution in [2.24, 2.45) is 0 Å². The molecule has 19 heavy (non-hydrogen) atoms. The van der Waals surface area contributed by atoms with Crippen LogP contribution in [0.4, 0.5) is 0 Å². The van der Waals surface area contributed by atoms with E-state index in [-0.39, 0.29) is 11.9 Å². The lowest BCUT2D eigenvalue weighted by atomic mass is 10.2. The zero-order valence-corrected chi connectivity index (χ0v) is 11.0. The van der Waals surface area contributed by atoms with Crippen LogP contribution in [-0.2, 0) is 4.79 Å². The van der Waals surface area contributed by atoms with Crippen LogP contribution in [0.2, 0.25) is 0 Å². The predicted molar refractivity (Wildman–Crippen MR) is 69.4 cm³/mol. The van der Waals surface area contributed by atoms with Crippen LogP contribution in [0.25, 0.3) is 0 Å². The molecule has 102 valence electrons. The molecule has 1 unspecified atom stereocenters. The maximum Gasteiger partial charge on any atom is 0.249 e. The summed E-state index contributed by atoms with van der Waals surface area (Å²) in [6, 6.07) is -0.0164. The fraction of sp³-hybridized carbons (Fsp3) is 0.643. The molecule has 1 aromatic heterocycles. The Morgan fingerprint density at radius 3 is 3.05 bits per heavy atom. The lowest BCUT2D eigenvalue weighted by molar-refractivity contribution is -0.132. The van der Waals surface area contributed by atoms with Gasteiger partial charge in [0.15, 0.2) is 5.82 Å². The Labute approximate surface area is 112 Å². The molecule has 1 amide bonds. The van der Waals surface area contributed by atoms with Gasteiger partial charge in [0.1, 0.15) is 6.04 Å². The van der Waals surface area contributed by atoms with Gasteiger partial charge in [-0.05, 0) is 32.1 Å². The van der Waals surface area contributed by atoms with Gasteiger partial charge in [-0.15, -0.1) is 6.58 Å². The van der Waals surface area contributed by atoms with Crippen molar-refractivity contribution in [1.29, 1.82) is 0 Å². The molecule has 2 aliphatic rings. The average Bonchev–Trinajstić information content (AvgIpc) is 2.96. The molecule has 0 aromatic carbocycles. The molecule has 1 aromatic rings. The Kier molecular flexibility index (Phi) is 3.36. The van der Waals surface area contributed by atoms with E-state index in [1.807, 2.05) is 4.90 Å². The number of amides is 1. The molecule has 1 aliphatic heterocycles. The third-order valence-electron chi connectivity index (χ3n) is 3.82. The molecule has 1 saturated heterocycles. The zero-order valence-electron chi connectivity index (χ0n) is 11.0. The molecule has 0 spiro atoms. The van der Waals surface area contributed by atoms with E-state index >= 15 is 0 Å². The minimum Gasteiger partial charge on any atom is -0.337 e. The quantitative estimate of drug-likeness (QED) is 0.764. The van der Waals surface area contributed by atoms with Gasteiger partial charge in [-0.3, -0.25) is 4.79 Å². The third-order valence-corrected chi connectivity index (χ3v) is 3.82. The second-order valence-corrected chi connectivity index (χ2v) is 5.34. The molecule has 0 bridgehead atoms. The first-order valence-corrected chi connectivity index (χ1v) is 7.03. The van der Waals surface area contributed by atoms with Crippen LogP contribution in [-0.4, -0.2) is 27.5 Å². The highest BCUT2D eigenvalue weighted by molar-refractivity contribution is 5.77. The zero-order chi connectivity index (χ0) is 13.2. The number of aromatic nitrogens is 2. The van der Waals surface area contributed by atoms with Gasteiger partial charge in [-0.25, -0.2) is 0 Å². The fourth-order valence-electron chi connectivity index (χ4n) is 2.58. The number of nitrogens with zero attached hydrogens (tertiary/aromatic N) is 3. The normalized spacial score (nSPS) is 22.7. The molecule has 5 nitrogen and oxygen atoms in total. The lowest BCUT2D eigenvalue weighted by Gasteiger charge is -2.21. The van der Waals surface area contributed by atoms with Crippen LogP contribution in [0.15, 0.2) is 17.2 Å². The van der Waals surface area contributed by atoms with Gasteiger partial charge in [0.2, 0.25) is 11.8 Å². The average molecular weight is 261 g/mol. The molecule has 3 rings (SSSR count). The first-order valence-electron chi connectivity index (χ1n) is 7.03. The van der Waals surface area contributed by atoms with Gasteiger partial charge in [0, 0.05) is 18.9 Å². The topological polar surface area (TPSA) is 59.2 Å². The van der Waals surface area contributed by atoms with Crippen molar-refractivity contribution in [2.45, 2.75) is 50.5 Å². The number of likely N-dealkylation sites (tertiary alicyclic amines) is 1. The summed E-state index contributed by atoms with van der Waals surface area (Å²) in [6.45, 7) is 4.45. The summed E-state index contributed by atoms with van der Waals surface area (Å²) in [5, 5.41) is 4.04. The predicted octanol–water partition coefficient (Wildman–Crippen LogP) is 2.58. The van der Waals surface area contributed by atoms with Crippen molar-refractivity contribution in [1.82, 2.24) is 15.0 Å². The number of hydrogen-bond donors (Lipinski definition) is 0. The van der Waals surface area contributed by atoms with Crippen molar-refractivity contribution in [3.63, 3.8) is 0 Å². The Hall–Kier alpha value is -1.65. The number of carbonyl (C=O) groups is 1. The van der Waals surface area contributed by atoms with E-state index in [4.69, 9.17) is 4.52 Å². The summed E-state index contributed by atoms with van der Waals surface area (Å²) in [7, 11) is 0. The van der Waals surface area contributed by atoms with Crippen molar-refractivity contribution < 1.29 is 9.32 Å². The van der Waals surface area contributed by atoms with Gasteiger partial charge in [0.25, 0.3) is 0 Å². The van der Waals surface area contributed by atoms with Crippen LogP contribution in [0.1, 0.15) is 62.2 Å². The first kappa shape index (κ1) is 12.4. The van der Waals surface area contributed by atoms with Crippen molar-refractivity contribution in [2.75, 3.05) is 6.54 Å². The van der Waals surface area contributed by atoms with Gasteiger partial charge < -0.3 is 9.42 Å². The molecule has 0 N–H and O–H groups in total. The van der Waals surface area contributed by atoms with E-state index in [1.54, 1.807) is 6.08 Å². The maximum absolute atomic E-state index is 12.1. The van der Waals surface area contributed by atoms with Gasteiger partial charge in [-0.2, -0.15) is 4.98 Å². The lowest BCUT2D eigenvalue weighted by Crippen LogP contribution is -2.30. The first-order chi connectivity index (χ1) is 9.29. The molecular formula is C14H19N3O2. The van der Waals surface area contributed by atoms with E-state index in [2.05, 4.69) is 16.7 Å². The largest absolute Gasteiger partial charge is 0.337 e. The summed E-state index contributed by atoms with van der Waals surface area (Å²) < 4.78 is 5.36. The van der Waals surface area contributed by atoms with Crippen LogP contribution in [0, 0.1) is 0 Å². The highest BCUT2D eigenvalue weighted by Crippen LogP contribution is 2.39. The van der Waals surface area contributed by atoms with Gasteiger partial charge >= 0.3 is 0 Å². The highest BCUT2D eigenvalue weighted by Gasteiger charge is 2.35. The number of hydrogen-bond acceptors (Lipinski definition) is 4. The van der Waals surface area contributed by atoms with E-state index in [0.29, 0.717) is 18.2 Å². The van der Waals surface area contributed by atoms with Crippen LogP contribution >= 0.6 is 0 Å². The standard InChI is InChI=1S/C14H19N3O2/c1-2-3-6-12(18)17-9-4-5-11(17)14-15-13(16-19-14)10-7-8-10/h2,10-11H,1,3-9H2. The summed E-state index contributed by atoms with van der Waals surface area (Å²) in [4.78, 5) is 18.5. The molecule has 1 aliphatic carbocycles.